The number of benzene rings is 2. The number of hydrogen-bond acceptors (Lipinski definition) is 4. The Hall–Kier alpha value is -2.41. The molecule has 128 valence electrons. The summed E-state index contributed by atoms with van der Waals surface area (Å²) < 4.78 is 27.3. The first-order valence-electron chi connectivity index (χ1n) is 7.70. The fourth-order valence-corrected chi connectivity index (χ4v) is 3.37. The third kappa shape index (κ3) is 4.32. The Kier molecular flexibility index (Phi) is 5.56. The fourth-order valence-electron chi connectivity index (χ4n) is 2.29. The molecule has 1 N–H and O–H groups in total. The summed E-state index contributed by atoms with van der Waals surface area (Å²) in [5.74, 6) is 0. The second-order valence-electron chi connectivity index (χ2n) is 5.61. The van der Waals surface area contributed by atoms with E-state index in [0.29, 0.717) is 11.3 Å². The van der Waals surface area contributed by atoms with Crippen molar-refractivity contribution in [2.75, 3.05) is 4.72 Å². The molecular weight excluding hydrogens is 328 g/mol. The van der Waals surface area contributed by atoms with Crippen LogP contribution >= 0.6 is 0 Å². The number of unbranched alkanes of at least 4 members (excludes halogenated alkanes) is 1. The van der Waals surface area contributed by atoms with Gasteiger partial charge in [0, 0.05) is 17.3 Å². The van der Waals surface area contributed by atoms with Gasteiger partial charge in [0.15, 0.2) is 0 Å². The van der Waals surface area contributed by atoms with Gasteiger partial charge in [-0.3, -0.25) is 14.8 Å². The molecule has 0 amide bonds. The van der Waals surface area contributed by atoms with Gasteiger partial charge in [-0.05, 0) is 43.5 Å². The molecule has 0 spiro atoms. The molecule has 0 saturated heterocycles. The van der Waals surface area contributed by atoms with E-state index >= 15 is 0 Å². The number of rotatable bonds is 7. The Morgan fingerprint density at radius 3 is 2.38 bits per heavy atom. The summed E-state index contributed by atoms with van der Waals surface area (Å²) in [6, 6.07) is 11.0. The minimum atomic E-state index is -3.87. The predicted molar refractivity (Wildman–Crippen MR) is 93.7 cm³/mol. The zero-order valence-corrected chi connectivity index (χ0v) is 14.5. The van der Waals surface area contributed by atoms with E-state index in [9.17, 15) is 18.5 Å². The first kappa shape index (κ1) is 17.9. The van der Waals surface area contributed by atoms with Crippen LogP contribution in [0, 0.1) is 17.0 Å². The molecule has 0 aliphatic heterocycles. The van der Waals surface area contributed by atoms with Gasteiger partial charge in [0.2, 0.25) is 0 Å². The first-order chi connectivity index (χ1) is 11.3. The van der Waals surface area contributed by atoms with Crippen LogP contribution in [0.1, 0.15) is 30.9 Å². The second-order valence-corrected chi connectivity index (χ2v) is 7.29. The van der Waals surface area contributed by atoms with Gasteiger partial charge in [-0.2, -0.15) is 0 Å². The molecule has 0 bridgehead atoms. The number of nitro groups is 1. The van der Waals surface area contributed by atoms with Crippen LogP contribution in [0.15, 0.2) is 47.4 Å². The Morgan fingerprint density at radius 2 is 1.79 bits per heavy atom. The van der Waals surface area contributed by atoms with Crippen LogP contribution in [-0.4, -0.2) is 13.3 Å². The van der Waals surface area contributed by atoms with Crippen molar-refractivity contribution in [2.24, 2.45) is 0 Å². The lowest BCUT2D eigenvalue weighted by molar-refractivity contribution is -0.385. The van der Waals surface area contributed by atoms with Crippen LogP contribution in [0.5, 0.6) is 0 Å². The van der Waals surface area contributed by atoms with Gasteiger partial charge in [-0.1, -0.05) is 31.5 Å². The first-order valence-corrected chi connectivity index (χ1v) is 9.18. The Morgan fingerprint density at radius 1 is 1.12 bits per heavy atom. The number of aryl methyl sites for hydroxylation is 2. The highest BCUT2D eigenvalue weighted by atomic mass is 32.2. The number of nitrogens with zero attached hydrogens (tertiary/aromatic N) is 1. The van der Waals surface area contributed by atoms with Crippen molar-refractivity contribution in [3.63, 3.8) is 0 Å². The van der Waals surface area contributed by atoms with Crippen molar-refractivity contribution in [1.82, 2.24) is 0 Å². The maximum atomic E-state index is 12.4. The highest BCUT2D eigenvalue weighted by molar-refractivity contribution is 7.92. The van der Waals surface area contributed by atoms with E-state index in [1.807, 2.05) is 12.1 Å². The van der Waals surface area contributed by atoms with E-state index in [2.05, 4.69) is 11.6 Å². The smallest absolute Gasteiger partial charge is 0.273 e. The number of hydrogen-bond donors (Lipinski definition) is 1. The Balaban J connectivity index is 2.22. The van der Waals surface area contributed by atoms with Crippen molar-refractivity contribution in [1.29, 1.82) is 0 Å². The van der Waals surface area contributed by atoms with Crippen LogP contribution in [0.3, 0.4) is 0 Å². The van der Waals surface area contributed by atoms with Crippen LogP contribution < -0.4 is 4.72 Å². The third-order valence-electron chi connectivity index (χ3n) is 3.71. The summed E-state index contributed by atoms with van der Waals surface area (Å²) in [6.07, 6.45) is 3.13. The highest BCUT2D eigenvalue weighted by Gasteiger charge is 2.19. The molecule has 2 aromatic rings. The summed E-state index contributed by atoms with van der Waals surface area (Å²) in [7, 11) is -3.87. The summed E-state index contributed by atoms with van der Waals surface area (Å²) >= 11 is 0. The third-order valence-corrected chi connectivity index (χ3v) is 5.09. The van der Waals surface area contributed by atoms with E-state index in [1.54, 1.807) is 19.1 Å². The van der Waals surface area contributed by atoms with Gasteiger partial charge in [0.25, 0.3) is 15.7 Å². The SMILES string of the molecule is CCCCc1ccc(NS(=O)(=O)c2ccc(C)c([N+](=O)[O-])c2)cc1. The zero-order chi connectivity index (χ0) is 17.7. The molecule has 0 fully saturated rings. The molecule has 0 aromatic heterocycles. The minimum absolute atomic E-state index is 0.130. The maximum absolute atomic E-state index is 12.4. The average Bonchev–Trinajstić information content (AvgIpc) is 2.54. The standard InChI is InChI=1S/C17H20N2O4S/c1-3-4-5-14-7-9-15(10-8-14)18-24(22,23)16-11-6-13(2)17(12-16)19(20)21/h6-12,18H,3-5H2,1-2H3. The number of nitrogens with one attached hydrogen (secondary N) is 1. The highest BCUT2D eigenvalue weighted by Crippen LogP contribution is 2.24. The molecule has 0 atom stereocenters. The molecule has 7 heteroatoms. The van der Waals surface area contributed by atoms with E-state index < -0.39 is 14.9 Å². The minimum Gasteiger partial charge on any atom is -0.280 e. The number of sulfonamides is 1. The number of anilines is 1. The van der Waals surface area contributed by atoms with E-state index in [4.69, 9.17) is 0 Å². The van der Waals surface area contributed by atoms with Gasteiger partial charge in [-0.25, -0.2) is 8.42 Å². The molecule has 0 heterocycles. The van der Waals surface area contributed by atoms with Crippen molar-refractivity contribution in [3.05, 3.63) is 63.7 Å². The van der Waals surface area contributed by atoms with E-state index in [-0.39, 0.29) is 10.6 Å². The zero-order valence-electron chi connectivity index (χ0n) is 13.7. The predicted octanol–water partition coefficient (Wildman–Crippen LogP) is 4.05. The van der Waals surface area contributed by atoms with Crippen molar-refractivity contribution < 1.29 is 13.3 Å². The molecule has 0 saturated carbocycles. The van der Waals surface area contributed by atoms with Gasteiger partial charge in [0.05, 0.1) is 9.82 Å². The lowest BCUT2D eigenvalue weighted by atomic mass is 10.1. The summed E-state index contributed by atoms with van der Waals surface area (Å²) in [6.45, 7) is 3.68. The maximum Gasteiger partial charge on any atom is 0.273 e. The second kappa shape index (κ2) is 7.44. The lowest BCUT2D eigenvalue weighted by Crippen LogP contribution is -2.13. The van der Waals surface area contributed by atoms with Gasteiger partial charge >= 0.3 is 0 Å². The molecule has 2 aromatic carbocycles. The summed E-state index contributed by atoms with van der Waals surface area (Å²) in [5.41, 5.74) is 1.77. The van der Waals surface area contributed by atoms with Crippen LogP contribution in [0.25, 0.3) is 0 Å². The molecule has 24 heavy (non-hydrogen) atoms. The quantitative estimate of drug-likeness (QED) is 0.604. The number of nitro benzene ring substituents is 1. The lowest BCUT2D eigenvalue weighted by Gasteiger charge is -2.09. The van der Waals surface area contributed by atoms with Crippen molar-refractivity contribution in [2.45, 2.75) is 38.0 Å². The monoisotopic (exact) mass is 348 g/mol. The molecule has 0 radical (unpaired) electrons. The van der Waals surface area contributed by atoms with Crippen LogP contribution in [0.2, 0.25) is 0 Å². The molecular formula is C17H20N2O4S. The normalized spacial score (nSPS) is 11.2. The van der Waals surface area contributed by atoms with E-state index in [0.717, 1.165) is 30.9 Å². The van der Waals surface area contributed by atoms with Gasteiger partial charge < -0.3 is 0 Å². The summed E-state index contributed by atoms with van der Waals surface area (Å²) in [4.78, 5) is 10.3. The van der Waals surface area contributed by atoms with Gasteiger partial charge in [-0.15, -0.1) is 0 Å². The van der Waals surface area contributed by atoms with Crippen LogP contribution in [-0.2, 0) is 16.4 Å². The average molecular weight is 348 g/mol. The Bertz CT molecular complexity index is 830. The van der Waals surface area contributed by atoms with Gasteiger partial charge in [0.1, 0.15) is 0 Å². The largest absolute Gasteiger partial charge is 0.280 e. The fraction of sp³-hybridized carbons (Fsp3) is 0.294. The molecule has 0 unspecified atom stereocenters. The molecule has 0 aliphatic rings. The van der Waals surface area contributed by atoms with Crippen molar-refractivity contribution >= 4 is 21.4 Å². The van der Waals surface area contributed by atoms with E-state index in [1.165, 1.54) is 12.1 Å². The van der Waals surface area contributed by atoms with Crippen molar-refractivity contribution in [3.8, 4) is 0 Å². The van der Waals surface area contributed by atoms with Crippen LogP contribution in [0.4, 0.5) is 11.4 Å². The molecule has 6 nitrogen and oxygen atoms in total. The Labute approximate surface area is 141 Å². The molecule has 2 rings (SSSR count). The topological polar surface area (TPSA) is 89.3 Å². The molecule has 0 aliphatic carbocycles. The summed E-state index contributed by atoms with van der Waals surface area (Å²) in [5, 5.41) is 11.0.